The average molecular weight is 299 g/mol. The van der Waals surface area contributed by atoms with Crippen LogP contribution >= 0.6 is 22.7 Å². The summed E-state index contributed by atoms with van der Waals surface area (Å²) in [5.74, 6) is 0. The minimum absolute atomic E-state index is 0.906. The molecule has 0 fully saturated rings. The summed E-state index contributed by atoms with van der Waals surface area (Å²) in [6, 6.07) is 6.75. The van der Waals surface area contributed by atoms with Crippen molar-refractivity contribution in [1.29, 1.82) is 5.26 Å². The Morgan fingerprint density at radius 3 is 2.40 bits per heavy atom. The standard InChI is InChI=1S/C17H17NS2/c1-2-3-4-5-6-12-13-7-9-19-16(13)17-14(8-10-20-17)15(12)11-18/h7-10H,2-6H2,1H3. The molecule has 20 heavy (non-hydrogen) atoms. The van der Waals surface area contributed by atoms with Crippen molar-refractivity contribution in [3.8, 4) is 6.07 Å². The van der Waals surface area contributed by atoms with Crippen LogP contribution in [0.25, 0.3) is 20.2 Å². The van der Waals surface area contributed by atoms with Crippen LogP contribution in [-0.4, -0.2) is 0 Å². The van der Waals surface area contributed by atoms with Gasteiger partial charge in [0, 0.05) is 5.39 Å². The second-order valence-electron chi connectivity index (χ2n) is 5.10. The number of unbranched alkanes of at least 4 members (excludes halogenated alkanes) is 3. The molecule has 0 radical (unpaired) electrons. The Bertz CT molecular complexity index is 773. The molecular weight excluding hydrogens is 282 g/mol. The van der Waals surface area contributed by atoms with Crippen LogP contribution in [0.3, 0.4) is 0 Å². The van der Waals surface area contributed by atoms with Crippen LogP contribution in [0.5, 0.6) is 0 Å². The van der Waals surface area contributed by atoms with Crippen LogP contribution in [-0.2, 0) is 6.42 Å². The Kier molecular flexibility index (Phi) is 4.05. The van der Waals surface area contributed by atoms with Crippen molar-refractivity contribution in [1.82, 2.24) is 0 Å². The third kappa shape index (κ3) is 2.24. The summed E-state index contributed by atoms with van der Waals surface area (Å²) in [6.07, 6.45) is 6.01. The number of nitriles is 1. The molecule has 0 unspecified atom stereocenters. The summed E-state index contributed by atoms with van der Waals surface area (Å²) < 4.78 is 2.64. The molecule has 1 nitrogen and oxygen atoms in total. The number of fused-ring (bicyclic) bond motifs is 3. The van der Waals surface area contributed by atoms with Crippen LogP contribution in [0.4, 0.5) is 0 Å². The van der Waals surface area contributed by atoms with Crippen molar-refractivity contribution < 1.29 is 0 Å². The van der Waals surface area contributed by atoms with E-state index in [9.17, 15) is 5.26 Å². The monoisotopic (exact) mass is 299 g/mol. The predicted octanol–water partition coefficient (Wildman–Crippen LogP) is 6.11. The molecule has 3 heteroatoms. The summed E-state index contributed by atoms with van der Waals surface area (Å²) in [7, 11) is 0. The van der Waals surface area contributed by atoms with Gasteiger partial charge in [0.15, 0.2) is 0 Å². The summed E-state index contributed by atoms with van der Waals surface area (Å²) >= 11 is 3.55. The predicted molar refractivity (Wildman–Crippen MR) is 89.8 cm³/mol. The Balaban J connectivity index is 2.11. The molecule has 0 aliphatic heterocycles. The van der Waals surface area contributed by atoms with Crippen molar-refractivity contribution in [2.45, 2.75) is 39.0 Å². The maximum Gasteiger partial charge on any atom is 0.100 e. The second-order valence-corrected chi connectivity index (χ2v) is 6.94. The van der Waals surface area contributed by atoms with E-state index in [2.05, 4.69) is 35.9 Å². The van der Waals surface area contributed by atoms with Gasteiger partial charge in [0.1, 0.15) is 6.07 Å². The zero-order valence-corrected chi connectivity index (χ0v) is 13.2. The van der Waals surface area contributed by atoms with Gasteiger partial charge in [-0.25, -0.2) is 0 Å². The number of aryl methyl sites for hydroxylation is 1. The number of benzene rings is 1. The van der Waals surface area contributed by atoms with E-state index in [-0.39, 0.29) is 0 Å². The van der Waals surface area contributed by atoms with Crippen LogP contribution in [0.2, 0.25) is 0 Å². The van der Waals surface area contributed by atoms with Crippen LogP contribution < -0.4 is 0 Å². The Morgan fingerprint density at radius 1 is 1.00 bits per heavy atom. The summed E-state index contributed by atoms with van der Waals surface area (Å²) in [4.78, 5) is 0. The molecule has 102 valence electrons. The van der Waals surface area contributed by atoms with Crippen molar-refractivity contribution in [2.75, 3.05) is 0 Å². The quantitative estimate of drug-likeness (QED) is 0.521. The molecule has 0 saturated carbocycles. The number of hydrogen-bond acceptors (Lipinski definition) is 3. The molecule has 3 rings (SSSR count). The zero-order chi connectivity index (χ0) is 13.9. The normalized spacial score (nSPS) is 11.2. The minimum atomic E-state index is 0.906. The van der Waals surface area contributed by atoms with E-state index in [1.807, 2.05) is 0 Å². The fraction of sp³-hybridized carbons (Fsp3) is 0.353. The fourth-order valence-corrected chi connectivity index (χ4v) is 4.84. The minimum Gasteiger partial charge on any atom is -0.192 e. The van der Waals surface area contributed by atoms with E-state index >= 15 is 0 Å². The second kappa shape index (κ2) is 5.95. The molecule has 2 aromatic heterocycles. The van der Waals surface area contributed by atoms with Gasteiger partial charge in [0.2, 0.25) is 0 Å². The van der Waals surface area contributed by atoms with Gasteiger partial charge in [0.05, 0.1) is 15.0 Å². The Morgan fingerprint density at radius 2 is 1.70 bits per heavy atom. The number of hydrogen-bond donors (Lipinski definition) is 0. The topological polar surface area (TPSA) is 23.8 Å². The SMILES string of the molecule is CCCCCCc1c(C#N)c2ccsc2c2sccc12. The van der Waals surface area contributed by atoms with E-state index in [1.54, 1.807) is 22.7 Å². The van der Waals surface area contributed by atoms with E-state index in [4.69, 9.17) is 0 Å². The highest BCUT2D eigenvalue weighted by Gasteiger charge is 2.15. The molecule has 0 N–H and O–H groups in total. The van der Waals surface area contributed by atoms with Crippen molar-refractivity contribution in [3.05, 3.63) is 34.0 Å². The summed E-state index contributed by atoms with van der Waals surface area (Å²) in [6.45, 7) is 2.23. The van der Waals surface area contributed by atoms with Gasteiger partial charge in [-0.2, -0.15) is 5.26 Å². The van der Waals surface area contributed by atoms with Gasteiger partial charge in [-0.3, -0.25) is 0 Å². The fourth-order valence-electron chi connectivity index (χ4n) is 2.82. The molecule has 0 bridgehead atoms. The molecule has 0 spiro atoms. The summed E-state index contributed by atoms with van der Waals surface area (Å²) in [5.41, 5.74) is 2.18. The van der Waals surface area contributed by atoms with E-state index in [1.165, 1.54) is 46.0 Å². The van der Waals surface area contributed by atoms with E-state index in [0.29, 0.717) is 0 Å². The molecule has 0 amide bonds. The first-order valence-corrected chi connectivity index (χ1v) is 8.92. The Hall–Kier alpha value is -1.37. The molecule has 3 aromatic rings. The molecule has 1 aromatic carbocycles. The van der Waals surface area contributed by atoms with Crippen LogP contribution in [0.1, 0.15) is 43.7 Å². The first-order valence-electron chi connectivity index (χ1n) is 7.16. The lowest BCUT2D eigenvalue weighted by molar-refractivity contribution is 0.668. The smallest absolute Gasteiger partial charge is 0.100 e. The van der Waals surface area contributed by atoms with Gasteiger partial charge in [-0.1, -0.05) is 26.2 Å². The van der Waals surface area contributed by atoms with Gasteiger partial charge in [0.25, 0.3) is 0 Å². The molecule has 0 aliphatic rings. The number of nitrogens with zero attached hydrogens (tertiary/aromatic N) is 1. The van der Waals surface area contributed by atoms with Gasteiger partial charge in [-0.15, -0.1) is 22.7 Å². The highest BCUT2D eigenvalue weighted by molar-refractivity contribution is 7.25. The van der Waals surface area contributed by atoms with E-state index < -0.39 is 0 Å². The van der Waals surface area contributed by atoms with Crippen LogP contribution in [0, 0.1) is 11.3 Å². The average Bonchev–Trinajstić information content (AvgIpc) is 3.10. The highest BCUT2D eigenvalue weighted by atomic mass is 32.1. The highest BCUT2D eigenvalue weighted by Crippen LogP contribution is 2.39. The van der Waals surface area contributed by atoms with Gasteiger partial charge >= 0.3 is 0 Å². The lowest BCUT2D eigenvalue weighted by atomic mass is 9.96. The third-order valence-corrected chi connectivity index (χ3v) is 5.82. The first-order chi connectivity index (χ1) is 9.86. The first kappa shape index (κ1) is 13.6. The van der Waals surface area contributed by atoms with Crippen molar-refractivity contribution >= 4 is 42.8 Å². The molecule has 2 heterocycles. The van der Waals surface area contributed by atoms with Crippen LogP contribution in [0.15, 0.2) is 22.9 Å². The van der Waals surface area contributed by atoms with Crippen molar-refractivity contribution in [2.24, 2.45) is 0 Å². The molecular formula is C17H17NS2. The summed E-state index contributed by atoms with van der Waals surface area (Å²) in [5, 5.41) is 16.3. The molecule has 0 atom stereocenters. The lowest BCUT2D eigenvalue weighted by Gasteiger charge is -2.08. The van der Waals surface area contributed by atoms with E-state index in [0.717, 1.165) is 17.4 Å². The molecule has 0 saturated heterocycles. The third-order valence-electron chi connectivity index (χ3n) is 3.83. The van der Waals surface area contributed by atoms with Gasteiger partial charge in [-0.05, 0) is 46.7 Å². The lowest BCUT2D eigenvalue weighted by Crippen LogP contribution is -1.93. The number of rotatable bonds is 5. The maximum absolute atomic E-state index is 9.59. The van der Waals surface area contributed by atoms with Crippen molar-refractivity contribution in [3.63, 3.8) is 0 Å². The number of thiophene rings is 2. The maximum atomic E-state index is 9.59. The molecule has 0 aliphatic carbocycles. The Labute approximate surface area is 127 Å². The zero-order valence-electron chi connectivity index (χ0n) is 11.6. The largest absolute Gasteiger partial charge is 0.192 e. The van der Waals surface area contributed by atoms with Gasteiger partial charge < -0.3 is 0 Å².